The quantitative estimate of drug-likeness (QED) is 0.689. The van der Waals surface area contributed by atoms with Crippen molar-refractivity contribution in [3.05, 3.63) is 48.4 Å². The highest BCUT2D eigenvalue weighted by Gasteiger charge is 2.25. The van der Waals surface area contributed by atoms with Crippen molar-refractivity contribution in [2.24, 2.45) is 7.05 Å². The zero-order valence-electron chi connectivity index (χ0n) is 16.4. The van der Waals surface area contributed by atoms with E-state index in [1.54, 1.807) is 24.1 Å². The number of hydrogen-bond acceptors (Lipinski definition) is 5. The minimum atomic E-state index is -0.0382. The highest BCUT2D eigenvalue weighted by atomic mass is 16.5. The van der Waals surface area contributed by atoms with Crippen LogP contribution in [0.2, 0.25) is 0 Å². The maximum absolute atomic E-state index is 13.0. The van der Waals surface area contributed by atoms with Crippen LogP contribution in [-0.4, -0.2) is 75.4 Å². The summed E-state index contributed by atoms with van der Waals surface area (Å²) in [5, 5.41) is 4.64. The first-order valence-electron chi connectivity index (χ1n) is 9.27. The van der Waals surface area contributed by atoms with E-state index in [1.807, 2.05) is 47.0 Å². The van der Waals surface area contributed by atoms with Crippen molar-refractivity contribution in [2.45, 2.75) is 0 Å². The molecule has 0 spiro atoms. The number of aromatic nitrogens is 4. The second-order valence-electron chi connectivity index (χ2n) is 6.99. The Morgan fingerprint density at radius 1 is 1.07 bits per heavy atom. The van der Waals surface area contributed by atoms with Gasteiger partial charge in [-0.05, 0) is 31.3 Å². The standard InChI is InChI=1S/C20H24N6O2/c1-23-9-11-25(12-10-23)20(27)16-13-18(17-5-4-8-24(17)2)26(22-16)15-6-7-19(28-3)21-14-15/h4-8,13-14H,9-12H2,1-3H3. The lowest BCUT2D eigenvalue weighted by Crippen LogP contribution is -2.47. The summed E-state index contributed by atoms with van der Waals surface area (Å²) >= 11 is 0. The number of likely N-dealkylation sites (N-methyl/N-ethyl adjacent to an activating group) is 1. The van der Waals surface area contributed by atoms with Gasteiger partial charge in [-0.1, -0.05) is 0 Å². The Hall–Kier alpha value is -3.13. The number of amides is 1. The monoisotopic (exact) mass is 380 g/mol. The van der Waals surface area contributed by atoms with Gasteiger partial charge < -0.3 is 19.1 Å². The largest absolute Gasteiger partial charge is 0.481 e. The first-order chi connectivity index (χ1) is 13.6. The molecule has 0 unspecified atom stereocenters. The van der Waals surface area contributed by atoms with Crippen molar-refractivity contribution in [3.63, 3.8) is 0 Å². The molecule has 0 bridgehead atoms. The maximum Gasteiger partial charge on any atom is 0.274 e. The van der Waals surface area contributed by atoms with E-state index in [-0.39, 0.29) is 5.91 Å². The van der Waals surface area contributed by atoms with Gasteiger partial charge in [-0.25, -0.2) is 9.67 Å². The third-order valence-electron chi connectivity index (χ3n) is 5.10. The number of hydrogen-bond donors (Lipinski definition) is 0. The van der Waals surface area contributed by atoms with E-state index in [9.17, 15) is 4.79 Å². The molecule has 8 nitrogen and oxygen atoms in total. The molecule has 3 aromatic rings. The number of piperazine rings is 1. The van der Waals surface area contributed by atoms with Crippen LogP contribution in [0.5, 0.6) is 5.88 Å². The fourth-order valence-electron chi connectivity index (χ4n) is 3.38. The summed E-state index contributed by atoms with van der Waals surface area (Å²) in [6.45, 7) is 3.18. The molecular formula is C20H24N6O2. The second kappa shape index (κ2) is 7.47. The van der Waals surface area contributed by atoms with Gasteiger partial charge in [0.05, 0.1) is 30.4 Å². The molecule has 0 aromatic carbocycles. The predicted octanol–water partition coefficient (Wildman–Crippen LogP) is 1.67. The SMILES string of the molecule is COc1ccc(-n2nc(C(=O)N3CCN(C)CC3)cc2-c2cccn2C)cn1. The van der Waals surface area contributed by atoms with Gasteiger partial charge in [-0.2, -0.15) is 5.10 Å². The molecule has 146 valence electrons. The normalized spacial score (nSPS) is 15.0. The van der Waals surface area contributed by atoms with Gasteiger partial charge in [0.15, 0.2) is 5.69 Å². The van der Waals surface area contributed by atoms with Gasteiger partial charge in [0.2, 0.25) is 5.88 Å². The third-order valence-corrected chi connectivity index (χ3v) is 5.10. The third kappa shape index (κ3) is 3.38. The van der Waals surface area contributed by atoms with Gasteiger partial charge in [-0.15, -0.1) is 0 Å². The Bertz CT molecular complexity index is 967. The summed E-state index contributed by atoms with van der Waals surface area (Å²) in [6.07, 6.45) is 3.67. The lowest BCUT2D eigenvalue weighted by Gasteiger charge is -2.31. The predicted molar refractivity (Wildman–Crippen MR) is 106 cm³/mol. The zero-order valence-corrected chi connectivity index (χ0v) is 16.4. The second-order valence-corrected chi connectivity index (χ2v) is 6.99. The first-order valence-corrected chi connectivity index (χ1v) is 9.27. The van der Waals surface area contributed by atoms with Crippen molar-refractivity contribution in [2.75, 3.05) is 40.3 Å². The average molecular weight is 380 g/mol. The highest BCUT2D eigenvalue weighted by molar-refractivity contribution is 5.93. The number of methoxy groups -OCH3 is 1. The van der Waals surface area contributed by atoms with E-state index in [0.29, 0.717) is 24.7 Å². The van der Waals surface area contributed by atoms with Crippen LogP contribution in [0.25, 0.3) is 17.1 Å². The van der Waals surface area contributed by atoms with E-state index in [1.165, 1.54) is 0 Å². The van der Waals surface area contributed by atoms with Crippen LogP contribution in [0.3, 0.4) is 0 Å². The Balaban J connectivity index is 1.73. The molecule has 1 fully saturated rings. The summed E-state index contributed by atoms with van der Waals surface area (Å²) in [4.78, 5) is 21.4. The van der Waals surface area contributed by atoms with Crippen molar-refractivity contribution < 1.29 is 9.53 Å². The van der Waals surface area contributed by atoms with Crippen LogP contribution in [-0.2, 0) is 7.05 Å². The molecule has 1 aliphatic rings. The number of rotatable bonds is 4. The molecule has 0 N–H and O–H groups in total. The van der Waals surface area contributed by atoms with Crippen LogP contribution < -0.4 is 4.74 Å². The summed E-state index contributed by atoms with van der Waals surface area (Å²) in [5.41, 5.74) is 3.03. The summed E-state index contributed by atoms with van der Waals surface area (Å²) in [7, 11) is 5.62. The van der Waals surface area contributed by atoms with Crippen LogP contribution in [0, 0.1) is 0 Å². The fraction of sp³-hybridized carbons (Fsp3) is 0.350. The van der Waals surface area contributed by atoms with E-state index in [4.69, 9.17) is 4.74 Å². The molecule has 1 saturated heterocycles. The number of carbonyl (C=O) groups excluding carboxylic acids is 1. The number of carbonyl (C=O) groups is 1. The number of aryl methyl sites for hydroxylation is 1. The number of ether oxygens (including phenoxy) is 1. The maximum atomic E-state index is 13.0. The van der Waals surface area contributed by atoms with Crippen molar-refractivity contribution in [1.29, 1.82) is 0 Å². The summed E-state index contributed by atoms with van der Waals surface area (Å²) in [5.74, 6) is 0.494. The van der Waals surface area contributed by atoms with Crippen LogP contribution in [0.4, 0.5) is 0 Å². The molecule has 8 heteroatoms. The molecular weight excluding hydrogens is 356 g/mol. The molecule has 0 aliphatic carbocycles. The van der Waals surface area contributed by atoms with Crippen LogP contribution in [0.15, 0.2) is 42.7 Å². The Morgan fingerprint density at radius 2 is 1.86 bits per heavy atom. The molecule has 28 heavy (non-hydrogen) atoms. The van der Waals surface area contributed by atoms with E-state index in [2.05, 4.69) is 22.0 Å². The zero-order chi connectivity index (χ0) is 19.7. The Morgan fingerprint density at radius 3 is 2.46 bits per heavy atom. The van der Waals surface area contributed by atoms with Crippen molar-refractivity contribution in [1.82, 2.24) is 29.1 Å². The molecule has 1 amide bonds. The lowest BCUT2D eigenvalue weighted by molar-refractivity contribution is 0.0657. The average Bonchev–Trinajstić information content (AvgIpc) is 3.34. The topological polar surface area (TPSA) is 68.4 Å². The van der Waals surface area contributed by atoms with Crippen molar-refractivity contribution in [3.8, 4) is 23.0 Å². The van der Waals surface area contributed by atoms with Gasteiger partial charge in [0, 0.05) is 45.5 Å². The minimum Gasteiger partial charge on any atom is -0.481 e. The van der Waals surface area contributed by atoms with E-state index >= 15 is 0 Å². The number of nitrogens with zero attached hydrogens (tertiary/aromatic N) is 6. The Kier molecular flexibility index (Phi) is 4.87. The van der Waals surface area contributed by atoms with Gasteiger partial charge in [0.25, 0.3) is 5.91 Å². The van der Waals surface area contributed by atoms with E-state index < -0.39 is 0 Å². The van der Waals surface area contributed by atoms with E-state index in [0.717, 1.165) is 30.2 Å². The number of pyridine rings is 1. The van der Waals surface area contributed by atoms with Gasteiger partial charge >= 0.3 is 0 Å². The first kappa shape index (κ1) is 18.2. The summed E-state index contributed by atoms with van der Waals surface area (Å²) in [6, 6.07) is 9.51. The fourth-order valence-corrected chi connectivity index (χ4v) is 3.38. The molecule has 4 rings (SSSR count). The Labute approximate surface area is 164 Å². The molecule has 0 radical (unpaired) electrons. The van der Waals surface area contributed by atoms with Gasteiger partial charge in [-0.3, -0.25) is 4.79 Å². The summed E-state index contributed by atoms with van der Waals surface area (Å²) < 4.78 is 8.93. The van der Waals surface area contributed by atoms with Crippen LogP contribution in [0.1, 0.15) is 10.5 Å². The molecule has 0 saturated carbocycles. The van der Waals surface area contributed by atoms with Crippen LogP contribution >= 0.6 is 0 Å². The molecule has 1 aliphatic heterocycles. The minimum absolute atomic E-state index is 0.0382. The smallest absolute Gasteiger partial charge is 0.274 e. The lowest BCUT2D eigenvalue weighted by atomic mass is 10.2. The molecule has 4 heterocycles. The highest BCUT2D eigenvalue weighted by Crippen LogP contribution is 2.25. The van der Waals surface area contributed by atoms with Gasteiger partial charge in [0.1, 0.15) is 0 Å². The molecule has 3 aromatic heterocycles. The molecule has 0 atom stereocenters. The van der Waals surface area contributed by atoms with Crippen molar-refractivity contribution >= 4 is 5.91 Å².